The predicted octanol–water partition coefficient (Wildman–Crippen LogP) is 2.73. The molecule has 128 valence electrons. The number of ether oxygens (including phenoxy) is 2. The molecule has 0 unspecified atom stereocenters. The van der Waals surface area contributed by atoms with Gasteiger partial charge in [0.1, 0.15) is 17.3 Å². The molecule has 1 fully saturated rings. The van der Waals surface area contributed by atoms with Crippen molar-refractivity contribution in [2.75, 3.05) is 32.2 Å². The molecule has 1 N–H and O–H groups in total. The first kappa shape index (κ1) is 16.5. The molecule has 1 saturated heterocycles. The van der Waals surface area contributed by atoms with Gasteiger partial charge in [0, 0.05) is 19.2 Å². The van der Waals surface area contributed by atoms with Crippen LogP contribution >= 0.6 is 0 Å². The summed E-state index contributed by atoms with van der Waals surface area (Å²) in [4.78, 5) is 5.89. The maximum Gasteiger partial charge on any atom is 0.214 e. The lowest BCUT2D eigenvalue weighted by Crippen LogP contribution is -2.43. The fourth-order valence-corrected chi connectivity index (χ4v) is 3.04. The molecule has 0 aliphatic carbocycles. The molecule has 6 heteroatoms. The molecule has 0 saturated carbocycles. The van der Waals surface area contributed by atoms with Gasteiger partial charge in [0.2, 0.25) is 5.95 Å². The Morgan fingerprint density at radius 3 is 2.25 bits per heavy atom. The lowest BCUT2D eigenvalue weighted by molar-refractivity contribution is 0.0113. The van der Waals surface area contributed by atoms with E-state index < -0.39 is 11.5 Å². The average Bonchev–Trinajstić information content (AvgIpc) is 2.62. The molecular formula is C18H21FN2O3. The molecule has 0 atom stereocenters. The van der Waals surface area contributed by atoms with Crippen LogP contribution in [0.4, 0.5) is 10.2 Å². The lowest BCUT2D eigenvalue weighted by Gasteiger charge is -2.39. The van der Waals surface area contributed by atoms with E-state index in [2.05, 4.69) is 4.98 Å². The number of benzene rings is 1. The highest BCUT2D eigenvalue weighted by molar-refractivity contribution is 5.43. The Hall–Kier alpha value is -2.34. The third-order valence-electron chi connectivity index (χ3n) is 4.50. The average molecular weight is 332 g/mol. The lowest BCUT2D eigenvalue weighted by atomic mass is 9.84. The van der Waals surface area contributed by atoms with Gasteiger partial charge in [-0.1, -0.05) is 6.07 Å². The Labute approximate surface area is 140 Å². The molecule has 1 aromatic carbocycles. The summed E-state index contributed by atoms with van der Waals surface area (Å²) in [5.41, 5.74) is -0.198. The molecule has 5 nitrogen and oxygen atoms in total. The molecule has 24 heavy (non-hydrogen) atoms. The van der Waals surface area contributed by atoms with Gasteiger partial charge in [0.05, 0.1) is 19.8 Å². The number of hydrogen-bond donors (Lipinski definition) is 1. The zero-order chi connectivity index (χ0) is 17.2. The Balaban J connectivity index is 1.79. The first-order chi connectivity index (χ1) is 11.5. The third-order valence-corrected chi connectivity index (χ3v) is 4.50. The van der Waals surface area contributed by atoms with E-state index in [4.69, 9.17) is 9.47 Å². The molecule has 1 aliphatic heterocycles. The molecule has 2 heterocycles. The smallest absolute Gasteiger partial charge is 0.214 e. The van der Waals surface area contributed by atoms with Gasteiger partial charge in [0.15, 0.2) is 0 Å². The molecule has 1 aliphatic rings. The first-order valence-electron chi connectivity index (χ1n) is 7.87. The summed E-state index contributed by atoms with van der Waals surface area (Å²) in [7, 11) is 3.17. The summed E-state index contributed by atoms with van der Waals surface area (Å²) < 4.78 is 23.9. The van der Waals surface area contributed by atoms with Crippen LogP contribution in [0.3, 0.4) is 0 Å². The van der Waals surface area contributed by atoms with E-state index in [1.165, 1.54) is 6.07 Å². The van der Waals surface area contributed by atoms with Crippen LogP contribution in [0.1, 0.15) is 18.4 Å². The minimum Gasteiger partial charge on any atom is -0.497 e. The quantitative estimate of drug-likeness (QED) is 0.873. The number of piperidine rings is 1. The molecule has 1 aromatic heterocycles. The topological polar surface area (TPSA) is 54.8 Å². The van der Waals surface area contributed by atoms with Crippen LogP contribution in [-0.2, 0) is 5.60 Å². The van der Waals surface area contributed by atoms with Crippen LogP contribution in [-0.4, -0.2) is 37.4 Å². The van der Waals surface area contributed by atoms with Crippen molar-refractivity contribution in [2.24, 2.45) is 0 Å². The first-order valence-corrected chi connectivity index (χ1v) is 7.87. The Bertz CT molecular complexity index is 693. The molecule has 0 bridgehead atoms. The number of rotatable bonds is 4. The SMILES string of the molecule is COc1cc(OC)cc(C2(O)CCN(c3cccc(F)n3)CC2)c1. The number of aliphatic hydroxyl groups is 1. The van der Waals surface area contributed by atoms with Crippen molar-refractivity contribution in [3.05, 3.63) is 47.9 Å². The monoisotopic (exact) mass is 332 g/mol. The summed E-state index contributed by atoms with van der Waals surface area (Å²) in [6.07, 6.45) is 1.03. The number of pyridine rings is 1. The van der Waals surface area contributed by atoms with E-state index in [0.717, 1.165) is 5.56 Å². The normalized spacial score (nSPS) is 16.8. The molecule has 0 spiro atoms. The van der Waals surface area contributed by atoms with Gasteiger partial charge < -0.3 is 19.5 Å². The standard InChI is InChI=1S/C18H21FN2O3/c1-23-14-10-13(11-15(12-14)24-2)18(22)6-8-21(9-7-18)17-5-3-4-16(19)20-17/h3-5,10-12,22H,6-9H2,1-2H3. The van der Waals surface area contributed by atoms with Crippen molar-refractivity contribution >= 4 is 5.82 Å². The molecular weight excluding hydrogens is 311 g/mol. The number of nitrogens with zero attached hydrogens (tertiary/aromatic N) is 2. The highest BCUT2D eigenvalue weighted by atomic mass is 19.1. The Morgan fingerprint density at radius 1 is 1.08 bits per heavy atom. The van der Waals surface area contributed by atoms with Crippen molar-refractivity contribution in [3.63, 3.8) is 0 Å². The van der Waals surface area contributed by atoms with Crippen LogP contribution in [0.25, 0.3) is 0 Å². The minimum atomic E-state index is -0.967. The van der Waals surface area contributed by atoms with Gasteiger partial charge in [-0.15, -0.1) is 0 Å². The number of anilines is 1. The number of aromatic nitrogens is 1. The van der Waals surface area contributed by atoms with Gasteiger partial charge >= 0.3 is 0 Å². The van der Waals surface area contributed by atoms with Crippen LogP contribution in [0, 0.1) is 5.95 Å². The summed E-state index contributed by atoms with van der Waals surface area (Å²) in [5.74, 6) is 1.39. The summed E-state index contributed by atoms with van der Waals surface area (Å²) in [5, 5.41) is 11.1. The minimum absolute atomic E-state index is 0.495. The second-order valence-corrected chi connectivity index (χ2v) is 5.94. The van der Waals surface area contributed by atoms with E-state index in [-0.39, 0.29) is 0 Å². The predicted molar refractivity (Wildman–Crippen MR) is 89.1 cm³/mol. The second kappa shape index (κ2) is 6.65. The van der Waals surface area contributed by atoms with Gasteiger partial charge in [0.25, 0.3) is 0 Å². The van der Waals surface area contributed by atoms with Crippen molar-refractivity contribution in [1.82, 2.24) is 4.98 Å². The summed E-state index contributed by atoms with van der Waals surface area (Å²) in [6, 6.07) is 10.2. The van der Waals surface area contributed by atoms with Crippen molar-refractivity contribution in [3.8, 4) is 11.5 Å². The zero-order valence-corrected chi connectivity index (χ0v) is 13.8. The van der Waals surface area contributed by atoms with Crippen LogP contribution in [0.2, 0.25) is 0 Å². The largest absolute Gasteiger partial charge is 0.497 e. The number of methoxy groups -OCH3 is 2. The zero-order valence-electron chi connectivity index (χ0n) is 13.8. The van der Waals surface area contributed by atoms with Crippen molar-refractivity contribution in [1.29, 1.82) is 0 Å². The maximum absolute atomic E-state index is 13.3. The number of halogens is 1. The van der Waals surface area contributed by atoms with Gasteiger partial charge in [-0.2, -0.15) is 4.39 Å². The second-order valence-electron chi connectivity index (χ2n) is 5.94. The molecule has 3 rings (SSSR count). The van der Waals surface area contributed by atoms with Crippen LogP contribution < -0.4 is 14.4 Å². The van der Waals surface area contributed by atoms with E-state index in [9.17, 15) is 9.50 Å². The molecule has 0 amide bonds. The van der Waals surface area contributed by atoms with Crippen LogP contribution in [0.5, 0.6) is 11.5 Å². The third kappa shape index (κ3) is 3.28. The van der Waals surface area contributed by atoms with Gasteiger partial charge in [-0.3, -0.25) is 0 Å². The van der Waals surface area contributed by atoms with Crippen molar-refractivity contribution < 1.29 is 19.0 Å². The maximum atomic E-state index is 13.3. The highest BCUT2D eigenvalue weighted by Gasteiger charge is 2.35. The summed E-state index contributed by atoms with van der Waals surface area (Å²) >= 11 is 0. The Kier molecular flexibility index (Phi) is 4.57. The summed E-state index contributed by atoms with van der Waals surface area (Å²) in [6.45, 7) is 1.18. The Morgan fingerprint density at radius 2 is 1.71 bits per heavy atom. The van der Waals surface area contributed by atoms with Gasteiger partial charge in [-0.25, -0.2) is 4.98 Å². The van der Waals surface area contributed by atoms with Gasteiger partial charge in [-0.05, 0) is 42.7 Å². The number of hydrogen-bond acceptors (Lipinski definition) is 5. The highest BCUT2D eigenvalue weighted by Crippen LogP contribution is 2.37. The van der Waals surface area contributed by atoms with E-state index in [0.29, 0.717) is 43.2 Å². The molecule has 2 aromatic rings. The van der Waals surface area contributed by atoms with Crippen molar-refractivity contribution in [2.45, 2.75) is 18.4 Å². The molecule has 0 radical (unpaired) electrons. The fourth-order valence-electron chi connectivity index (χ4n) is 3.04. The van der Waals surface area contributed by atoms with E-state index in [1.807, 2.05) is 17.0 Å². The van der Waals surface area contributed by atoms with Crippen LogP contribution in [0.15, 0.2) is 36.4 Å². The van der Waals surface area contributed by atoms with E-state index >= 15 is 0 Å². The van der Waals surface area contributed by atoms with E-state index in [1.54, 1.807) is 32.4 Å². The fraction of sp³-hybridized carbons (Fsp3) is 0.389.